The lowest BCUT2D eigenvalue weighted by molar-refractivity contribution is 0.773. The Hall–Kier alpha value is -2.46. The van der Waals surface area contributed by atoms with Crippen LogP contribution in [0.15, 0.2) is 54.9 Å². The summed E-state index contributed by atoms with van der Waals surface area (Å²) in [4.78, 5) is 9.09. The third-order valence-corrected chi connectivity index (χ3v) is 14.3. The molecule has 0 fully saturated rings. The van der Waals surface area contributed by atoms with Crippen molar-refractivity contribution in [2.75, 3.05) is 0 Å². The molecule has 1 aromatic carbocycles. The minimum atomic E-state index is -1.74. The molecular weight excluding hydrogens is 406 g/mol. The minimum absolute atomic E-state index is 0.690. The third kappa shape index (κ3) is 3.79. The Morgan fingerprint density at radius 3 is 2.25 bits per heavy atom. The highest BCUT2D eigenvalue weighted by molar-refractivity contribution is 6.82. The van der Waals surface area contributed by atoms with Gasteiger partial charge in [-0.1, -0.05) is 47.6 Å². The van der Waals surface area contributed by atoms with Crippen LogP contribution in [-0.4, -0.2) is 22.4 Å². The van der Waals surface area contributed by atoms with Crippen molar-refractivity contribution < 1.29 is 0 Å². The molecule has 0 bridgehead atoms. The Kier molecular flexibility index (Phi) is 6.26. The average molecular weight is 444 g/mol. The van der Waals surface area contributed by atoms with Crippen molar-refractivity contribution in [2.24, 2.45) is 0 Å². The molecule has 3 aromatic heterocycles. The van der Waals surface area contributed by atoms with Gasteiger partial charge in [-0.25, -0.2) is 9.97 Å². The highest BCUT2D eigenvalue weighted by atomic mass is 28.3. The standard InChI is InChI=1S/C28H37N3Si/c1-19(2)32(20(3)4,21(5)6)31-16-14-25-17-23(11-13-27(25)31)10-12-24-18-26-9-8-15-29-28(26)30-22(24)7/h8-9,11,13-21H,10,12H2,1-7H3. The van der Waals surface area contributed by atoms with E-state index >= 15 is 0 Å². The van der Waals surface area contributed by atoms with Gasteiger partial charge in [0.05, 0.1) is 0 Å². The molecule has 0 spiro atoms. The summed E-state index contributed by atoms with van der Waals surface area (Å²) in [7, 11) is -1.74. The quantitative estimate of drug-likeness (QED) is 0.274. The third-order valence-electron chi connectivity index (χ3n) is 7.51. The van der Waals surface area contributed by atoms with Crippen LogP contribution in [0, 0.1) is 6.92 Å². The molecule has 0 atom stereocenters. The predicted octanol–water partition coefficient (Wildman–Crippen LogP) is 7.70. The van der Waals surface area contributed by atoms with Crippen LogP contribution in [0.5, 0.6) is 0 Å². The lowest BCUT2D eigenvalue weighted by atomic mass is 10.0. The minimum Gasteiger partial charge on any atom is -0.373 e. The van der Waals surface area contributed by atoms with E-state index in [1.54, 1.807) is 0 Å². The number of pyridine rings is 2. The number of aromatic nitrogens is 3. The zero-order valence-electron chi connectivity index (χ0n) is 20.7. The molecule has 0 saturated heterocycles. The molecule has 0 unspecified atom stereocenters. The Labute approximate surface area is 194 Å². The van der Waals surface area contributed by atoms with Crippen molar-refractivity contribution >= 4 is 30.2 Å². The Morgan fingerprint density at radius 1 is 0.844 bits per heavy atom. The van der Waals surface area contributed by atoms with Gasteiger partial charge in [0, 0.05) is 22.8 Å². The van der Waals surface area contributed by atoms with Gasteiger partial charge in [-0.05, 0) is 95.5 Å². The van der Waals surface area contributed by atoms with Gasteiger partial charge in [0.25, 0.3) is 0 Å². The van der Waals surface area contributed by atoms with Crippen molar-refractivity contribution in [1.29, 1.82) is 0 Å². The zero-order chi connectivity index (χ0) is 23.0. The smallest absolute Gasteiger partial charge is 0.169 e. The maximum absolute atomic E-state index is 4.71. The molecule has 168 valence electrons. The first kappa shape index (κ1) is 22.7. The van der Waals surface area contributed by atoms with Gasteiger partial charge in [-0.2, -0.15) is 0 Å². The van der Waals surface area contributed by atoms with Crippen LogP contribution in [0.2, 0.25) is 16.6 Å². The second kappa shape index (κ2) is 8.82. The topological polar surface area (TPSA) is 30.7 Å². The van der Waals surface area contributed by atoms with Crippen LogP contribution in [-0.2, 0) is 12.8 Å². The van der Waals surface area contributed by atoms with E-state index in [2.05, 4.69) is 100 Å². The van der Waals surface area contributed by atoms with Crippen LogP contribution < -0.4 is 0 Å². The lowest BCUT2D eigenvalue weighted by Gasteiger charge is -2.44. The van der Waals surface area contributed by atoms with E-state index < -0.39 is 8.24 Å². The van der Waals surface area contributed by atoms with E-state index in [1.165, 1.54) is 22.0 Å². The maximum Gasteiger partial charge on any atom is 0.169 e. The van der Waals surface area contributed by atoms with E-state index in [0.29, 0.717) is 16.6 Å². The molecule has 0 amide bonds. The van der Waals surface area contributed by atoms with Crippen molar-refractivity contribution in [3.05, 3.63) is 71.7 Å². The number of fused-ring (bicyclic) bond motifs is 2. The first-order valence-corrected chi connectivity index (χ1v) is 14.2. The fourth-order valence-corrected chi connectivity index (χ4v) is 12.8. The Balaban J connectivity index is 1.64. The fourth-order valence-electron chi connectivity index (χ4n) is 6.19. The van der Waals surface area contributed by atoms with E-state index in [0.717, 1.165) is 29.6 Å². The number of nitrogens with zero attached hydrogens (tertiary/aromatic N) is 3. The van der Waals surface area contributed by atoms with E-state index in [-0.39, 0.29) is 0 Å². The predicted molar refractivity (Wildman–Crippen MR) is 140 cm³/mol. The fraction of sp³-hybridized carbons (Fsp3) is 0.429. The number of aryl methyl sites for hydroxylation is 3. The molecular formula is C28H37N3Si. The molecule has 32 heavy (non-hydrogen) atoms. The molecule has 3 heterocycles. The summed E-state index contributed by atoms with van der Waals surface area (Å²) in [6, 6.07) is 15.8. The van der Waals surface area contributed by atoms with E-state index in [1.807, 2.05) is 12.3 Å². The molecule has 4 heteroatoms. The Bertz CT molecular complexity index is 1210. The first-order chi connectivity index (χ1) is 15.2. The highest BCUT2D eigenvalue weighted by Crippen LogP contribution is 2.44. The van der Waals surface area contributed by atoms with Crippen LogP contribution in [0.3, 0.4) is 0 Å². The van der Waals surface area contributed by atoms with Crippen LogP contribution >= 0.6 is 0 Å². The van der Waals surface area contributed by atoms with Gasteiger partial charge < -0.3 is 4.23 Å². The number of benzene rings is 1. The molecule has 0 N–H and O–H groups in total. The van der Waals surface area contributed by atoms with Gasteiger partial charge in [-0.3, -0.25) is 0 Å². The number of hydrogen-bond acceptors (Lipinski definition) is 2. The van der Waals surface area contributed by atoms with E-state index in [9.17, 15) is 0 Å². The summed E-state index contributed by atoms with van der Waals surface area (Å²) in [5.41, 5.74) is 8.11. The molecule has 0 radical (unpaired) electrons. The summed E-state index contributed by atoms with van der Waals surface area (Å²) < 4.78 is 2.70. The number of rotatable bonds is 7. The lowest BCUT2D eigenvalue weighted by Crippen LogP contribution is -2.51. The first-order valence-electron chi connectivity index (χ1n) is 12.1. The molecule has 3 nitrogen and oxygen atoms in total. The van der Waals surface area contributed by atoms with Gasteiger partial charge >= 0.3 is 0 Å². The second-order valence-electron chi connectivity index (χ2n) is 10.2. The monoisotopic (exact) mass is 443 g/mol. The SMILES string of the molecule is Cc1nc2ncccc2cc1CCc1ccc2c(ccn2[Si](C(C)C)(C(C)C)C(C)C)c1. The Morgan fingerprint density at radius 2 is 1.56 bits per heavy atom. The molecule has 0 aliphatic heterocycles. The van der Waals surface area contributed by atoms with E-state index in [4.69, 9.17) is 4.98 Å². The van der Waals surface area contributed by atoms with Gasteiger partial charge in [0.15, 0.2) is 13.9 Å². The number of hydrogen-bond donors (Lipinski definition) is 0. The van der Waals surface area contributed by atoms with Gasteiger partial charge in [-0.15, -0.1) is 0 Å². The van der Waals surface area contributed by atoms with Gasteiger partial charge in [0.2, 0.25) is 0 Å². The summed E-state index contributed by atoms with van der Waals surface area (Å²) >= 11 is 0. The average Bonchev–Trinajstić information content (AvgIpc) is 3.15. The van der Waals surface area contributed by atoms with Crippen molar-refractivity contribution in [1.82, 2.24) is 14.2 Å². The maximum atomic E-state index is 4.71. The molecule has 0 aliphatic carbocycles. The summed E-state index contributed by atoms with van der Waals surface area (Å²) in [6.45, 7) is 16.7. The molecule has 4 aromatic rings. The van der Waals surface area contributed by atoms with Crippen molar-refractivity contribution in [2.45, 2.75) is 77.9 Å². The van der Waals surface area contributed by atoms with Crippen LogP contribution in [0.25, 0.3) is 21.9 Å². The van der Waals surface area contributed by atoms with Crippen LogP contribution in [0.1, 0.15) is 58.4 Å². The summed E-state index contributed by atoms with van der Waals surface area (Å²) in [5, 5.41) is 2.50. The zero-order valence-corrected chi connectivity index (χ0v) is 21.7. The van der Waals surface area contributed by atoms with Crippen LogP contribution in [0.4, 0.5) is 0 Å². The second-order valence-corrected chi connectivity index (χ2v) is 15.9. The largest absolute Gasteiger partial charge is 0.373 e. The molecule has 0 saturated carbocycles. The van der Waals surface area contributed by atoms with Crippen molar-refractivity contribution in [3.63, 3.8) is 0 Å². The van der Waals surface area contributed by atoms with Gasteiger partial charge in [0.1, 0.15) is 0 Å². The van der Waals surface area contributed by atoms with Crippen molar-refractivity contribution in [3.8, 4) is 0 Å². The molecule has 4 rings (SSSR count). The summed E-state index contributed by atoms with van der Waals surface area (Å²) in [5.74, 6) is 0. The molecule has 0 aliphatic rings. The normalized spacial score (nSPS) is 12.7. The highest BCUT2D eigenvalue weighted by Gasteiger charge is 2.45. The summed E-state index contributed by atoms with van der Waals surface area (Å²) in [6.07, 6.45) is 6.21.